The highest BCUT2D eigenvalue weighted by atomic mass is 79.9. The molecule has 18 heavy (non-hydrogen) atoms. The average Bonchev–Trinajstić information content (AvgIpc) is 2.38. The van der Waals surface area contributed by atoms with Gasteiger partial charge in [-0.3, -0.25) is 0 Å². The smallest absolute Gasteiger partial charge is 0.0335 e. The molecular formula is C16H12Br2. The first-order chi connectivity index (χ1) is 8.61. The highest BCUT2D eigenvalue weighted by molar-refractivity contribution is 9.11. The van der Waals surface area contributed by atoms with Crippen molar-refractivity contribution >= 4 is 53.4 Å². The van der Waals surface area contributed by atoms with E-state index in [1.165, 1.54) is 41.6 Å². The lowest BCUT2D eigenvalue weighted by Crippen LogP contribution is -1.88. The van der Waals surface area contributed by atoms with Gasteiger partial charge < -0.3 is 0 Å². The number of rotatable bonds is 0. The quantitative estimate of drug-likeness (QED) is 0.421. The van der Waals surface area contributed by atoms with Crippen molar-refractivity contribution in [3.8, 4) is 0 Å². The maximum Gasteiger partial charge on any atom is 0.0335 e. The Bertz CT molecular complexity index is 707. The summed E-state index contributed by atoms with van der Waals surface area (Å²) in [5, 5.41) is 5.12. The van der Waals surface area contributed by atoms with Crippen molar-refractivity contribution in [3.63, 3.8) is 0 Å². The molecule has 0 unspecified atom stereocenters. The van der Waals surface area contributed by atoms with Crippen molar-refractivity contribution < 1.29 is 0 Å². The standard InChI is InChI=1S/C16H12Br2/c1-9-7-8-10(2)14-13(9)15(17)11-5-3-4-6-12(11)16(14)18/h3-8H,1-2H3. The van der Waals surface area contributed by atoms with Crippen molar-refractivity contribution in [1.82, 2.24) is 0 Å². The van der Waals surface area contributed by atoms with Crippen LogP contribution in [0.5, 0.6) is 0 Å². The molecule has 0 aliphatic carbocycles. The van der Waals surface area contributed by atoms with Crippen LogP contribution in [-0.2, 0) is 0 Å². The first-order valence-corrected chi connectivity index (χ1v) is 7.45. The summed E-state index contributed by atoms with van der Waals surface area (Å²) in [5.74, 6) is 0. The predicted molar refractivity (Wildman–Crippen MR) is 86.3 cm³/mol. The second-order valence-electron chi connectivity index (χ2n) is 4.62. The van der Waals surface area contributed by atoms with Crippen molar-refractivity contribution in [2.24, 2.45) is 0 Å². The van der Waals surface area contributed by atoms with E-state index in [2.05, 4.69) is 82.1 Å². The van der Waals surface area contributed by atoms with Gasteiger partial charge in [0.2, 0.25) is 0 Å². The minimum atomic E-state index is 1.19. The van der Waals surface area contributed by atoms with Gasteiger partial charge in [0, 0.05) is 19.7 Å². The maximum atomic E-state index is 3.78. The Morgan fingerprint density at radius 2 is 1.06 bits per heavy atom. The molecule has 0 radical (unpaired) electrons. The third kappa shape index (κ3) is 1.63. The Labute approximate surface area is 123 Å². The van der Waals surface area contributed by atoms with Crippen LogP contribution in [0.25, 0.3) is 21.5 Å². The first kappa shape index (κ1) is 12.2. The molecule has 0 aliphatic heterocycles. The maximum absolute atomic E-state index is 3.78. The lowest BCUT2D eigenvalue weighted by atomic mass is 9.97. The Balaban J connectivity index is 2.72. The van der Waals surface area contributed by atoms with Gasteiger partial charge in [-0.1, -0.05) is 36.4 Å². The number of aryl methyl sites for hydroxylation is 2. The normalized spacial score (nSPS) is 11.3. The van der Waals surface area contributed by atoms with Gasteiger partial charge in [-0.25, -0.2) is 0 Å². The molecule has 3 aromatic rings. The van der Waals surface area contributed by atoms with E-state index in [1.54, 1.807) is 0 Å². The number of benzene rings is 3. The summed E-state index contributed by atoms with van der Waals surface area (Å²) in [4.78, 5) is 0. The van der Waals surface area contributed by atoms with Crippen LogP contribution in [-0.4, -0.2) is 0 Å². The summed E-state index contributed by atoms with van der Waals surface area (Å²) in [7, 11) is 0. The molecule has 0 nitrogen and oxygen atoms in total. The SMILES string of the molecule is Cc1ccc(C)c2c(Br)c3ccccc3c(Br)c12. The highest BCUT2D eigenvalue weighted by Crippen LogP contribution is 2.41. The predicted octanol–water partition coefficient (Wildman–Crippen LogP) is 6.13. The average molecular weight is 364 g/mol. The van der Waals surface area contributed by atoms with E-state index >= 15 is 0 Å². The van der Waals surface area contributed by atoms with Crippen molar-refractivity contribution in [3.05, 3.63) is 56.5 Å². The first-order valence-electron chi connectivity index (χ1n) is 5.87. The van der Waals surface area contributed by atoms with Gasteiger partial charge in [-0.15, -0.1) is 0 Å². The largest absolute Gasteiger partial charge is 0.0616 e. The van der Waals surface area contributed by atoms with Crippen LogP contribution >= 0.6 is 31.9 Å². The molecule has 0 aliphatic rings. The Hall–Kier alpha value is -0.860. The molecular weight excluding hydrogens is 352 g/mol. The minimum absolute atomic E-state index is 1.19. The summed E-state index contributed by atoms with van der Waals surface area (Å²) in [5.41, 5.74) is 2.60. The van der Waals surface area contributed by atoms with E-state index in [4.69, 9.17) is 0 Å². The summed E-state index contributed by atoms with van der Waals surface area (Å²) >= 11 is 7.56. The van der Waals surface area contributed by atoms with Gasteiger partial charge in [0.15, 0.2) is 0 Å². The lowest BCUT2D eigenvalue weighted by Gasteiger charge is -2.13. The Morgan fingerprint density at radius 1 is 0.667 bits per heavy atom. The van der Waals surface area contributed by atoms with Gasteiger partial charge >= 0.3 is 0 Å². The number of fused-ring (bicyclic) bond motifs is 2. The van der Waals surface area contributed by atoms with Crippen LogP contribution < -0.4 is 0 Å². The van der Waals surface area contributed by atoms with Gasteiger partial charge in [0.1, 0.15) is 0 Å². The van der Waals surface area contributed by atoms with Crippen molar-refractivity contribution in [2.75, 3.05) is 0 Å². The monoisotopic (exact) mass is 362 g/mol. The summed E-state index contributed by atoms with van der Waals surface area (Å²) in [6, 6.07) is 12.8. The fourth-order valence-corrected chi connectivity index (χ4v) is 4.23. The third-order valence-corrected chi connectivity index (χ3v) is 5.11. The second kappa shape index (κ2) is 4.36. The lowest BCUT2D eigenvalue weighted by molar-refractivity contribution is 1.46. The molecule has 0 bridgehead atoms. The summed E-state index contributed by atoms with van der Waals surface area (Å²) < 4.78 is 2.38. The number of hydrogen-bond donors (Lipinski definition) is 0. The molecule has 0 spiro atoms. The zero-order valence-electron chi connectivity index (χ0n) is 10.2. The molecule has 0 saturated carbocycles. The third-order valence-electron chi connectivity index (χ3n) is 3.46. The van der Waals surface area contributed by atoms with Crippen LogP contribution in [0.2, 0.25) is 0 Å². The molecule has 0 amide bonds. The van der Waals surface area contributed by atoms with Crippen LogP contribution in [0.3, 0.4) is 0 Å². The molecule has 0 fully saturated rings. The zero-order chi connectivity index (χ0) is 12.9. The Kier molecular flexibility index (Phi) is 2.95. The van der Waals surface area contributed by atoms with Crippen LogP contribution in [0, 0.1) is 13.8 Å². The van der Waals surface area contributed by atoms with E-state index in [1.807, 2.05) is 0 Å². The molecule has 0 atom stereocenters. The second-order valence-corrected chi connectivity index (χ2v) is 6.21. The van der Waals surface area contributed by atoms with Crippen LogP contribution in [0.4, 0.5) is 0 Å². The molecule has 0 aromatic heterocycles. The fourth-order valence-electron chi connectivity index (χ4n) is 2.51. The van der Waals surface area contributed by atoms with E-state index < -0.39 is 0 Å². The number of halogens is 2. The van der Waals surface area contributed by atoms with E-state index in [-0.39, 0.29) is 0 Å². The van der Waals surface area contributed by atoms with Gasteiger partial charge in [0.05, 0.1) is 0 Å². The molecule has 0 N–H and O–H groups in total. The topological polar surface area (TPSA) is 0 Å². The summed E-state index contributed by atoms with van der Waals surface area (Å²) in [6.45, 7) is 4.32. The molecule has 0 saturated heterocycles. The van der Waals surface area contributed by atoms with Crippen molar-refractivity contribution in [2.45, 2.75) is 13.8 Å². The van der Waals surface area contributed by atoms with Crippen LogP contribution in [0.15, 0.2) is 45.3 Å². The van der Waals surface area contributed by atoms with E-state index in [0.717, 1.165) is 0 Å². The van der Waals surface area contributed by atoms with E-state index in [9.17, 15) is 0 Å². The zero-order valence-corrected chi connectivity index (χ0v) is 13.4. The molecule has 2 heteroatoms. The number of hydrogen-bond acceptors (Lipinski definition) is 0. The highest BCUT2D eigenvalue weighted by Gasteiger charge is 2.13. The van der Waals surface area contributed by atoms with Crippen LogP contribution in [0.1, 0.15) is 11.1 Å². The molecule has 3 aromatic carbocycles. The Morgan fingerprint density at radius 3 is 1.44 bits per heavy atom. The molecule has 90 valence electrons. The minimum Gasteiger partial charge on any atom is -0.0616 e. The van der Waals surface area contributed by atoms with Gasteiger partial charge in [0.25, 0.3) is 0 Å². The van der Waals surface area contributed by atoms with E-state index in [0.29, 0.717) is 0 Å². The summed E-state index contributed by atoms with van der Waals surface area (Å²) in [6.07, 6.45) is 0. The van der Waals surface area contributed by atoms with Crippen molar-refractivity contribution in [1.29, 1.82) is 0 Å². The molecule has 3 rings (SSSR count). The fraction of sp³-hybridized carbons (Fsp3) is 0.125. The van der Waals surface area contributed by atoms with Gasteiger partial charge in [-0.2, -0.15) is 0 Å². The van der Waals surface area contributed by atoms with Gasteiger partial charge in [-0.05, 0) is 67.6 Å². The molecule has 0 heterocycles.